The van der Waals surface area contributed by atoms with Crippen LogP contribution in [0.3, 0.4) is 0 Å². The van der Waals surface area contributed by atoms with Crippen molar-refractivity contribution in [3.63, 3.8) is 0 Å². The van der Waals surface area contributed by atoms with Crippen LogP contribution < -0.4 is 5.32 Å². The van der Waals surface area contributed by atoms with Crippen molar-refractivity contribution in [1.29, 1.82) is 0 Å². The van der Waals surface area contributed by atoms with Gasteiger partial charge in [0.25, 0.3) is 0 Å². The summed E-state index contributed by atoms with van der Waals surface area (Å²) < 4.78 is 0. The molecule has 1 saturated heterocycles. The monoisotopic (exact) mass is 259 g/mol. The molecule has 1 aromatic carbocycles. The fraction of sp³-hybridized carbons (Fsp3) is 0.533. The summed E-state index contributed by atoms with van der Waals surface area (Å²) in [5, 5.41) is 3.35. The Hall–Kier alpha value is -1.55. The van der Waals surface area contributed by atoms with Crippen LogP contribution in [0, 0.1) is 0 Å². The van der Waals surface area contributed by atoms with E-state index < -0.39 is 0 Å². The molecule has 0 saturated carbocycles. The Kier molecular flexibility index (Phi) is 3.19. The van der Waals surface area contributed by atoms with Crippen molar-refractivity contribution in [2.45, 2.75) is 24.9 Å². The average molecular weight is 259 g/mol. The fourth-order valence-corrected chi connectivity index (χ4v) is 3.03. The number of para-hydroxylation sites is 1. The maximum absolute atomic E-state index is 12.5. The number of likely N-dealkylation sites (tertiary alicyclic amines) is 1. The summed E-state index contributed by atoms with van der Waals surface area (Å²) in [7, 11) is 4.17. The topological polar surface area (TPSA) is 35.6 Å². The second-order valence-corrected chi connectivity index (χ2v) is 5.75. The number of nitrogens with zero attached hydrogens (tertiary/aromatic N) is 2. The molecule has 1 aromatic rings. The first-order valence-electron chi connectivity index (χ1n) is 6.95. The summed E-state index contributed by atoms with van der Waals surface area (Å²) in [5.41, 5.74) is 2.37. The van der Waals surface area contributed by atoms with Gasteiger partial charge in [0.15, 0.2) is 0 Å². The molecule has 2 atom stereocenters. The number of benzene rings is 1. The van der Waals surface area contributed by atoms with Gasteiger partial charge < -0.3 is 15.1 Å². The fourth-order valence-electron chi connectivity index (χ4n) is 3.03. The van der Waals surface area contributed by atoms with Gasteiger partial charge >= 0.3 is 0 Å². The number of nitrogens with one attached hydrogen (secondary N) is 1. The van der Waals surface area contributed by atoms with Crippen molar-refractivity contribution in [3.8, 4) is 0 Å². The van der Waals surface area contributed by atoms with E-state index in [0.717, 1.165) is 31.6 Å². The summed E-state index contributed by atoms with van der Waals surface area (Å²) in [6.45, 7) is 1.75. The molecular formula is C15H21N3O. The van der Waals surface area contributed by atoms with Crippen LogP contribution in [0.25, 0.3) is 0 Å². The van der Waals surface area contributed by atoms with Gasteiger partial charge in [-0.3, -0.25) is 4.79 Å². The molecule has 4 heteroatoms. The first-order chi connectivity index (χ1) is 9.15. The summed E-state index contributed by atoms with van der Waals surface area (Å²) in [5.74, 6) is 0.251. The molecular weight excluding hydrogens is 238 g/mol. The predicted octanol–water partition coefficient (Wildman–Crippen LogP) is 1.19. The van der Waals surface area contributed by atoms with Crippen LogP contribution in [0.15, 0.2) is 24.3 Å². The van der Waals surface area contributed by atoms with E-state index in [1.165, 1.54) is 5.56 Å². The van der Waals surface area contributed by atoms with Gasteiger partial charge in [0, 0.05) is 31.2 Å². The van der Waals surface area contributed by atoms with Crippen molar-refractivity contribution in [3.05, 3.63) is 29.8 Å². The maximum Gasteiger partial charge on any atom is 0.245 e. The van der Waals surface area contributed by atoms with Crippen molar-refractivity contribution >= 4 is 11.6 Å². The molecule has 0 aliphatic carbocycles. The van der Waals surface area contributed by atoms with E-state index >= 15 is 0 Å². The smallest absolute Gasteiger partial charge is 0.245 e. The molecule has 102 valence electrons. The van der Waals surface area contributed by atoms with Crippen LogP contribution in [0.5, 0.6) is 0 Å². The highest BCUT2D eigenvalue weighted by molar-refractivity contribution is 5.87. The molecule has 0 bridgehead atoms. The van der Waals surface area contributed by atoms with Crippen LogP contribution in [-0.4, -0.2) is 55.0 Å². The third-order valence-corrected chi connectivity index (χ3v) is 4.27. The SMILES string of the molecule is CN(C)[C@@H]1CCN(C(=O)[C@H]2Cc3ccccc3N2)C1. The van der Waals surface area contributed by atoms with Gasteiger partial charge in [0.05, 0.1) is 0 Å². The largest absolute Gasteiger partial charge is 0.373 e. The van der Waals surface area contributed by atoms with E-state index in [2.05, 4.69) is 36.4 Å². The molecule has 0 unspecified atom stereocenters. The quantitative estimate of drug-likeness (QED) is 0.866. The van der Waals surface area contributed by atoms with Gasteiger partial charge in [-0.05, 0) is 32.1 Å². The normalized spacial score (nSPS) is 25.5. The van der Waals surface area contributed by atoms with Crippen LogP contribution in [0.4, 0.5) is 5.69 Å². The first kappa shape index (κ1) is 12.5. The zero-order valence-electron chi connectivity index (χ0n) is 11.6. The van der Waals surface area contributed by atoms with Crippen LogP contribution in [-0.2, 0) is 11.2 Å². The second-order valence-electron chi connectivity index (χ2n) is 5.75. The Bertz CT molecular complexity index is 461. The number of carbonyl (C=O) groups is 1. The Morgan fingerprint density at radius 3 is 2.84 bits per heavy atom. The van der Waals surface area contributed by atoms with Crippen LogP contribution in [0.1, 0.15) is 12.0 Å². The summed E-state index contributed by atoms with van der Waals surface area (Å²) in [6.07, 6.45) is 1.90. The minimum atomic E-state index is -0.0710. The van der Waals surface area contributed by atoms with Gasteiger partial charge in [0.1, 0.15) is 6.04 Å². The minimum absolute atomic E-state index is 0.0710. The molecule has 1 amide bonds. The number of hydrogen-bond donors (Lipinski definition) is 1. The highest BCUT2D eigenvalue weighted by Crippen LogP contribution is 2.27. The van der Waals surface area contributed by atoms with E-state index in [-0.39, 0.29) is 11.9 Å². The predicted molar refractivity (Wildman–Crippen MR) is 76.2 cm³/mol. The second kappa shape index (κ2) is 4.85. The van der Waals surface area contributed by atoms with Crippen molar-refractivity contribution in [2.75, 3.05) is 32.5 Å². The lowest BCUT2D eigenvalue weighted by atomic mass is 10.1. The summed E-state index contributed by atoms with van der Waals surface area (Å²) in [4.78, 5) is 16.7. The number of anilines is 1. The lowest BCUT2D eigenvalue weighted by Crippen LogP contribution is -2.42. The molecule has 4 nitrogen and oxygen atoms in total. The number of rotatable bonds is 2. The van der Waals surface area contributed by atoms with Gasteiger partial charge in [-0.2, -0.15) is 0 Å². The standard InChI is InChI=1S/C15H21N3O/c1-17(2)12-7-8-18(10-12)15(19)14-9-11-5-3-4-6-13(11)16-14/h3-6,12,14,16H,7-10H2,1-2H3/t12-,14-/m1/s1. The Balaban J connectivity index is 1.64. The molecule has 0 spiro atoms. The third kappa shape index (κ3) is 2.32. The van der Waals surface area contributed by atoms with Gasteiger partial charge in [0.2, 0.25) is 5.91 Å². The molecule has 2 heterocycles. The molecule has 2 aliphatic rings. The van der Waals surface area contributed by atoms with Crippen LogP contribution >= 0.6 is 0 Å². The van der Waals surface area contributed by atoms with E-state index in [1.807, 2.05) is 17.0 Å². The van der Waals surface area contributed by atoms with Crippen molar-refractivity contribution in [1.82, 2.24) is 9.80 Å². The van der Waals surface area contributed by atoms with E-state index in [0.29, 0.717) is 6.04 Å². The van der Waals surface area contributed by atoms with E-state index in [9.17, 15) is 4.79 Å². The maximum atomic E-state index is 12.5. The molecule has 1 fully saturated rings. The highest BCUT2D eigenvalue weighted by Gasteiger charge is 2.34. The minimum Gasteiger partial charge on any atom is -0.373 e. The highest BCUT2D eigenvalue weighted by atomic mass is 16.2. The Labute approximate surface area is 114 Å². The van der Waals surface area contributed by atoms with Crippen molar-refractivity contribution < 1.29 is 4.79 Å². The number of likely N-dealkylation sites (N-methyl/N-ethyl adjacent to an activating group) is 1. The molecule has 0 aromatic heterocycles. The lowest BCUT2D eigenvalue weighted by Gasteiger charge is -2.23. The first-order valence-corrected chi connectivity index (χ1v) is 6.95. The molecule has 19 heavy (non-hydrogen) atoms. The number of hydrogen-bond acceptors (Lipinski definition) is 3. The molecule has 2 aliphatic heterocycles. The van der Waals surface area contributed by atoms with Crippen molar-refractivity contribution in [2.24, 2.45) is 0 Å². The van der Waals surface area contributed by atoms with E-state index in [4.69, 9.17) is 0 Å². The zero-order chi connectivity index (χ0) is 13.4. The molecule has 0 radical (unpaired) electrons. The Morgan fingerprint density at radius 2 is 2.16 bits per heavy atom. The summed E-state index contributed by atoms with van der Waals surface area (Å²) >= 11 is 0. The zero-order valence-corrected chi connectivity index (χ0v) is 11.6. The Morgan fingerprint density at radius 1 is 1.37 bits per heavy atom. The summed E-state index contributed by atoms with van der Waals surface area (Å²) in [6, 6.07) is 8.63. The number of carbonyl (C=O) groups excluding carboxylic acids is 1. The average Bonchev–Trinajstić information content (AvgIpc) is 3.04. The third-order valence-electron chi connectivity index (χ3n) is 4.27. The van der Waals surface area contributed by atoms with E-state index in [1.54, 1.807) is 0 Å². The molecule has 3 rings (SSSR count). The van der Waals surface area contributed by atoms with Crippen LogP contribution in [0.2, 0.25) is 0 Å². The van der Waals surface area contributed by atoms with Gasteiger partial charge in [-0.1, -0.05) is 18.2 Å². The molecule has 1 N–H and O–H groups in total. The lowest BCUT2D eigenvalue weighted by molar-refractivity contribution is -0.131. The van der Waals surface area contributed by atoms with Gasteiger partial charge in [-0.15, -0.1) is 0 Å². The number of amides is 1. The van der Waals surface area contributed by atoms with Gasteiger partial charge in [-0.25, -0.2) is 0 Å². The number of fused-ring (bicyclic) bond motifs is 1.